The number of sulfonamides is 1. The molecule has 8 heteroatoms. The zero-order valence-corrected chi connectivity index (χ0v) is 21.9. The first kappa shape index (κ1) is 25.7. The second kappa shape index (κ2) is 9.59. The summed E-state index contributed by atoms with van der Waals surface area (Å²) in [6, 6.07) is 18.2. The molecule has 0 aliphatic carbocycles. The van der Waals surface area contributed by atoms with Gasteiger partial charge >= 0.3 is 5.97 Å². The number of aryl methyl sites for hydroxylation is 1. The van der Waals surface area contributed by atoms with Crippen LogP contribution in [0.3, 0.4) is 0 Å². The third-order valence-corrected chi connectivity index (χ3v) is 8.65. The Hall–Kier alpha value is -3.36. The quantitative estimate of drug-likeness (QED) is 0.472. The largest absolute Gasteiger partial charge is 0.497 e. The van der Waals surface area contributed by atoms with E-state index in [2.05, 4.69) is 32.0 Å². The van der Waals surface area contributed by atoms with Crippen LogP contribution < -0.4 is 9.47 Å². The van der Waals surface area contributed by atoms with Crippen molar-refractivity contribution in [1.82, 2.24) is 4.31 Å². The Morgan fingerprint density at radius 2 is 1.72 bits per heavy atom. The number of carboxylic acid groups (broad SMARTS) is 1. The van der Waals surface area contributed by atoms with Crippen LogP contribution in [0.5, 0.6) is 11.5 Å². The van der Waals surface area contributed by atoms with E-state index in [0.29, 0.717) is 17.9 Å². The fraction of sp³-hybridized carbons (Fsp3) is 0.321. The van der Waals surface area contributed by atoms with Gasteiger partial charge in [-0.15, -0.1) is 0 Å². The summed E-state index contributed by atoms with van der Waals surface area (Å²) in [5.74, 6) is 0.0270. The number of hydrogen-bond acceptors (Lipinski definition) is 5. The molecule has 0 fully saturated rings. The maximum atomic E-state index is 13.8. The summed E-state index contributed by atoms with van der Waals surface area (Å²) >= 11 is 0. The Balaban J connectivity index is 1.71. The summed E-state index contributed by atoms with van der Waals surface area (Å²) in [6.07, 6.45) is 0. The normalized spacial score (nSPS) is 17.3. The fourth-order valence-corrected chi connectivity index (χ4v) is 6.63. The second-order valence-corrected chi connectivity index (χ2v) is 11.6. The molecule has 1 atom stereocenters. The topological polar surface area (TPSA) is 93.1 Å². The molecular formula is C28H31NO6S. The lowest BCUT2D eigenvalue weighted by molar-refractivity contribution is -0.139. The van der Waals surface area contributed by atoms with Crippen LogP contribution in [0.25, 0.3) is 11.1 Å². The SMILES string of the molecule is COc1ccc(-c2ccc3c(c2)C(C)N(S(=O)(=O)c2ccc(OCC(=O)O)c(C)c2)CC3(C)C)cc1. The highest BCUT2D eigenvalue weighted by Crippen LogP contribution is 2.43. The highest BCUT2D eigenvalue weighted by Gasteiger charge is 2.42. The Bertz CT molecular complexity index is 1400. The standard InChI is InChI=1S/C28H31NO6S/c1-18-14-23(11-13-26(18)35-16-27(30)31)36(32,33)29-17-28(3,4)25-12-8-21(15-24(25)19(29)2)20-6-9-22(34-5)10-7-20/h6-15,19H,16-17H2,1-5H3,(H,30,31). The molecule has 0 saturated heterocycles. The molecule has 1 N–H and O–H groups in total. The monoisotopic (exact) mass is 509 g/mol. The van der Waals surface area contributed by atoms with Crippen LogP contribution in [0.2, 0.25) is 0 Å². The van der Waals surface area contributed by atoms with E-state index in [4.69, 9.17) is 14.6 Å². The molecule has 0 amide bonds. The lowest BCUT2D eigenvalue weighted by atomic mass is 9.76. The molecule has 36 heavy (non-hydrogen) atoms. The Morgan fingerprint density at radius 3 is 2.33 bits per heavy atom. The van der Waals surface area contributed by atoms with Crippen molar-refractivity contribution in [1.29, 1.82) is 0 Å². The molecule has 0 radical (unpaired) electrons. The Morgan fingerprint density at radius 1 is 1.06 bits per heavy atom. The van der Waals surface area contributed by atoms with E-state index >= 15 is 0 Å². The minimum absolute atomic E-state index is 0.153. The first-order chi connectivity index (χ1) is 16.9. The minimum Gasteiger partial charge on any atom is -0.497 e. The molecular weight excluding hydrogens is 478 g/mol. The van der Waals surface area contributed by atoms with E-state index < -0.39 is 28.0 Å². The number of hydrogen-bond donors (Lipinski definition) is 1. The molecule has 0 aromatic heterocycles. The molecule has 1 aliphatic heterocycles. The number of ether oxygens (including phenoxy) is 2. The summed E-state index contributed by atoms with van der Waals surface area (Å²) in [7, 11) is -2.21. The molecule has 4 rings (SSSR count). The van der Waals surface area contributed by atoms with Crippen LogP contribution in [0, 0.1) is 6.92 Å². The third-order valence-electron chi connectivity index (χ3n) is 6.74. The van der Waals surface area contributed by atoms with Gasteiger partial charge in [0.25, 0.3) is 0 Å². The van der Waals surface area contributed by atoms with Gasteiger partial charge in [0, 0.05) is 18.0 Å². The fourth-order valence-electron chi connectivity index (χ4n) is 4.77. The number of aliphatic carboxylic acids is 1. The average molecular weight is 510 g/mol. The van der Waals surface area contributed by atoms with Crippen molar-refractivity contribution >= 4 is 16.0 Å². The van der Waals surface area contributed by atoms with Gasteiger partial charge in [-0.1, -0.05) is 38.1 Å². The van der Waals surface area contributed by atoms with Crippen LogP contribution in [0.4, 0.5) is 0 Å². The maximum absolute atomic E-state index is 13.8. The molecule has 7 nitrogen and oxygen atoms in total. The summed E-state index contributed by atoms with van der Waals surface area (Å²) in [4.78, 5) is 11.0. The second-order valence-electron chi connectivity index (χ2n) is 9.75. The highest BCUT2D eigenvalue weighted by atomic mass is 32.2. The smallest absolute Gasteiger partial charge is 0.341 e. The van der Waals surface area contributed by atoms with Crippen molar-refractivity contribution in [3.63, 3.8) is 0 Å². The van der Waals surface area contributed by atoms with Gasteiger partial charge in [-0.05, 0) is 78.1 Å². The Labute approximate surface area is 212 Å². The minimum atomic E-state index is -3.84. The average Bonchev–Trinajstić information content (AvgIpc) is 2.85. The lowest BCUT2D eigenvalue weighted by Gasteiger charge is -2.43. The molecule has 3 aromatic rings. The van der Waals surface area contributed by atoms with Crippen LogP contribution in [-0.2, 0) is 20.2 Å². The van der Waals surface area contributed by atoms with E-state index in [-0.39, 0.29) is 10.9 Å². The highest BCUT2D eigenvalue weighted by molar-refractivity contribution is 7.89. The lowest BCUT2D eigenvalue weighted by Crippen LogP contribution is -2.47. The molecule has 1 heterocycles. The summed E-state index contributed by atoms with van der Waals surface area (Å²) in [6.45, 7) is 7.58. The van der Waals surface area contributed by atoms with E-state index in [1.54, 1.807) is 18.3 Å². The molecule has 1 unspecified atom stereocenters. The van der Waals surface area contributed by atoms with Crippen LogP contribution in [0.1, 0.15) is 43.5 Å². The van der Waals surface area contributed by atoms with Gasteiger partial charge in [-0.25, -0.2) is 13.2 Å². The summed E-state index contributed by atoms with van der Waals surface area (Å²) < 4.78 is 39.7. The number of fused-ring (bicyclic) bond motifs is 1. The van der Waals surface area contributed by atoms with Crippen LogP contribution >= 0.6 is 0 Å². The maximum Gasteiger partial charge on any atom is 0.341 e. The van der Waals surface area contributed by atoms with Crippen molar-refractivity contribution < 1.29 is 27.8 Å². The van der Waals surface area contributed by atoms with Crippen molar-refractivity contribution in [2.75, 3.05) is 20.3 Å². The molecule has 190 valence electrons. The van der Waals surface area contributed by atoms with E-state index in [1.165, 1.54) is 18.2 Å². The zero-order valence-electron chi connectivity index (χ0n) is 21.1. The van der Waals surface area contributed by atoms with Crippen LogP contribution in [-0.4, -0.2) is 44.1 Å². The van der Waals surface area contributed by atoms with E-state index in [1.807, 2.05) is 31.2 Å². The number of carboxylic acids is 1. The van der Waals surface area contributed by atoms with Crippen molar-refractivity contribution in [3.8, 4) is 22.6 Å². The van der Waals surface area contributed by atoms with E-state index in [0.717, 1.165) is 28.0 Å². The first-order valence-corrected chi connectivity index (χ1v) is 13.1. The van der Waals surface area contributed by atoms with Crippen molar-refractivity contribution in [2.45, 2.75) is 44.0 Å². The van der Waals surface area contributed by atoms with Gasteiger partial charge < -0.3 is 14.6 Å². The third kappa shape index (κ3) is 4.83. The number of methoxy groups -OCH3 is 1. The van der Waals surface area contributed by atoms with Gasteiger partial charge in [-0.2, -0.15) is 4.31 Å². The van der Waals surface area contributed by atoms with Gasteiger partial charge in [0.1, 0.15) is 11.5 Å². The van der Waals surface area contributed by atoms with Gasteiger partial charge in [-0.3, -0.25) is 0 Å². The zero-order chi connectivity index (χ0) is 26.3. The Kier molecular flexibility index (Phi) is 6.86. The number of carbonyl (C=O) groups is 1. The first-order valence-electron chi connectivity index (χ1n) is 11.7. The predicted molar refractivity (Wildman–Crippen MR) is 138 cm³/mol. The summed E-state index contributed by atoms with van der Waals surface area (Å²) in [5.41, 5.74) is 4.30. The van der Waals surface area contributed by atoms with Crippen molar-refractivity contribution in [3.05, 3.63) is 77.4 Å². The number of nitrogens with zero attached hydrogens (tertiary/aromatic N) is 1. The van der Waals surface area contributed by atoms with Crippen molar-refractivity contribution in [2.24, 2.45) is 0 Å². The van der Waals surface area contributed by atoms with Gasteiger partial charge in [0.2, 0.25) is 10.0 Å². The number of benzene rings is 3. The van der Waals surface area contributed by atoms with E-state index in [9.17, 15) is 13.2 Å². The molecule has 1 aliphatic rings. The van der Waals surface area contributed by atoms with Gasteiger partial charge in [0.15, 0.2) is 6.61 Å². The van der Waals surface area contributed by atoms with Gasteiger partial charge in [0.05, 0.1) is 12.0 Å². The number of rotatable bonds is 7. The molecule has 3 aromatic carbocycles. The molecule has 0 spiro atoms. The summed E-state index contributed by atoms with van der Waals surface area (Å²) in [5, 5.41) is 8.86. The predicted octanol–water partition coefficient (Wildman–Crippen LogP) is 5.18. The van der Waals surface area contributed by atoms with Crippen LogP contribution in [0.15, 0.2) is 65.6 Å². The molecule has 0 bridgehead atoms. The molecule has 0 saturated carbocycles.